The molecule has 11 heavy (non-hydrogen) atoms. The van der Waals surface area contributed by atoms with E-state index in [2.05, 4.69) is 50.3 Å². The summed E-state index contributed by atoms with van der Waals surface area (Å²) in [4.78, 5) is 0. The van der Waals surface area contributed by atoms with Crippen molar-refractivity contribution in [2.45, 2.75) is 34.1 Å². The van der Waals surface area contributed by atoms with Crippen molar-refractivity contribution in [3.05, 3.63) is 8.61 Å². The van der Waals surface area contributed by atoms with Crippen LogP contribution in [0, 0.1) is 10.8 Å². The third-order valence-electron chi connectivity index (χ3n) is 2.26. The molecule has 0 heterocycles. The Bertz CT molecular complexity index is 192. The maximum atomic E-state index is 6.21. The molecule has 1 aliphatic rings. The summed E-state index contributed by atoms with van der Waals surface area (Å²) in [6.07, 6.45) is 1.16. The van der Waals surface area contributed by atoms with Crippen molar-refractivity contribution in [3.63, 3.8) is 0 Å². The maximum Gasteiger partial charge on any atom is 0.0335 e. The molecule has 0 atom stereocenters. The van der Waals surface area contributed by atoms with Crippen LogP contribution in [0.4, 0.5) is 0 Å². The fraction of sp³-hybridized carbons (Fsp3) is 0.778. The number of halogens is 2. The van der Waals surface area contributed by atoms with Gasteiger partial charge in [0, 0.05) is 14.0 Å². The monoisotopic (exact) mass is 284 g/mol. The van der Waals surface area contributed by atoms with Gasteiger partial charge in [-0.1, -0.05) is 39.3 Å². The molecule has 0 radical (unpaired) electrons. The molecule has 0 aromatic heterocycles. The number of rotatable bonds is 0. The lowest BCUT2D eigenvalue weighted by atomic mass is 9.83. The van der Waals surface area contributed by atoms with Crippen molar-refractivity contribution in [1.29, 1.82) is 0 Å². The molecule has 0 aliphatic heterocycles. The van der Waals surface area contributed by atoms with E-state index in [1.165, 1.54) is 3.58 Å². The summed E-state index contributed by atoms with van der Waals surface area (Å²) in [5.41, 5.74) is 0.489. The van der Waals surface area contributed by atoms with Crippen LogP contribution in [-0.4, -0.2) is 0 Å². The van der Waals surface area contributed by atoms with Gasteiger partial charge in [0.2, 0.25) is 0 Å². The molecule has 0 amide bonds. The molecule has 1 aliphatic carbocycles. The van der Waals surface area contributed by atoms with Crippen LogP contribution in [0.3, 0.4) is 0 Å². The van der Waals surface area contributed by atoms with Gasteiger partial charge in [-0.3, -0.25) is 0 Å². The van der Waals surface area contributed by atoms with E-state index < -0.39 is 0 Å². The van der Waals surface area contributed by atoms with Crippen molar-refractivity contribution in [2.75, 3.05) is 0 Å². The van der Waals surface area contributed by atoms with Gasteiger partial charge >= 0.3 is 0 Å². The first-order valence-corrected chi connectivity index (χ1v) is 5.29. The summed E-state index contributed by atoms with van der Waals surface area (Å²) in [6.45, 7) is 8.93. The lowest BCUT2D eigenvalue weighted by molar-refractivity contribution is 0.330. The number of hydrogen-bond donors (Lipinski definition) is 0. The molecule has 0 bridgehead atoms. The Morgan fingerprint density at radius 3 is 1.73 bits per heavy atom. The Morgan fingerprint density at radius 1 is 1.18 bits per heavy atom. The van der Waals surface area contributed by atoms with Gasteiger partial charge in [0.15, 0.2) is 0 Å². The fourth-order valence-corrected chi connectivity index (χ4v) is 3.10. The molecule has 0 saturated carbocycles. The van der Waals surface area contributed by atoms with Crippen molar-refractivity contribution in [2.24, 2.45) is 10.8 Å². The molecule has 0 unspecified atom stereocenters. The quantitative estimate of drug-likeness (QED) is 0.581. The molecular weight excluding hydrogens is 270 g/mol. The van der Waals surface area contributed by atoms with Crippen LogP contribution in [0.1, 0.15) is 34.1 Å². The van der Waals surface area contributed by atoms with E-state index >= 15 is 0 Å². The first-order chi connectivity index (χ1) is 4.77. The summed E-state index contributed by atoms with van der Waals surface area (Å²) >= 11 is 8.58. The summed E-state index contributed by atoms with van der Waals surface area (Å²) in [5, 5.41) is 1.06. The molecular formula is C9H14ClI. The Labute approximate surface area is 87.5 Å². The molecule has 0 aromatic carbocycles. The number of allylic oxidation sites excluding steroid dienone is 2. The van der Waals surface area contributed by atoms with Gasteiger partial charge in [0.05, 0.1) is 0 Å². The fourth-order valence-electron chi connectivity index (χ4n) is 1.85. The largest absolute Gasteiger partial charge is 0.0877 e. The Hall–Kier alpha value is 0.760. The maximum absolute atomic E-state index is 6.21. The van der Waals surface area contributed by atoms with E-state index in [0.29, 0.717) is 5.41 Å². The highest BCUT2D eigenvalue weighted by atomic mass is 127. The van der Waals surface area contributed by atoms with Crippen LogP contribution in [0.15, 0.2) is 8.61 Å². The summed E-state index contributed by atoms with van der Waals surface area (Å²) in [7, 11) is 0. The van der Waals surface area contributed by atoms with Gasteiger partial charge in [-0.05, 0) is 34.4 Å². The van der Waals surface area contributed by atoms with Gasteiger partial charge < -0.3 is 0 Å². The average Bonchev–Trinajstić information content (AvgIpc) is 1.91. The predicted octanol–water partition coefficient (Wildman–Crippen LogP) is 4.33. The van der Waals surface area contributed by atoms with Crippen LogP contribution in [0.2, 0.25) is 0 Å². The van der Waals surface area contributed by atoms with Gasteiger partial charge in [0.25, 0.3) is 0 Å². The molecule has 0 N–H and O–H groups in total. The van der Waals surface area contributed by atoms with Crippen LogP contribution in [0.25, 0.3) is 0 Å². The van der Waals surface area contributed by atoms with E-state index in [0.717, 1.165) is 11.5 Å². The molecule has 0 aromatic rings. The van der Waals surface area contributed by atoms with E-state index in [-0.39, 0.29) is 5.41 Å². The topological polar surface area (TPSA) is 0 Å². The zero-order chi connectivity index (χ0) is 8.86. The van der Waals surface area contributed by atoms with Gasteiger partial charge in [0.1, 0.15) is 0 Å². The van der Waals surface area contributed by atoms with Gasteiger partial charge in [-0.2, -0.15) is 0 Å². The minimum absolute atomic E-state index is 0.196. The van der Waals surface area contributed by atoms with E-state index in [1.807, 2.05) is 0 Å². The molecule has 1 rings (SSSR count). The second kappa shape index (κ2) is 2.63. The van der Waals surface area contributed by atoms with E-state index in [4.69, 9.17) is 11.6 Å². The van der Waals surface area contributed by atoms with Gasteiger partial charge in [-0.25, -0.2) is 0 Å². The Balaban J connectivity index is 3.09. The minimum atomic E-state index is 0.196. The normalized spacial score (nSPS) is 27.8. The molecule has 0 nitrogen and oxygen atoms in total. The SMILES string of the molecule is CC1(C)CC(C)(C)C(I)=C1Cl. The number of hydrogen-bond acceptors (Lipinski definition) is 0. The van der Waals surface area contributed by atoms with Crippen molar-refractivity contribution < 1.29 is 0 Å². The van der Waals surface area contributed by atoms with Crippen molar-refractivity contribution in [3.8, 4) is 0 Å². The Morgan fingerprint density at radius 2 is 1.64 bits per heavy atom. The van der Waals surface area contributed by atoms with E-state index in [1.54, 1.807) is 0 Å². The third kappa shape index (κ3) is 1.59. The van der Waals surface area contributed by atoms with Crippen molar-refractivity contribution >= 4 is 34.2 Å². The van der Waals surface area contributed by atoms with Crippen LogP contribution in [0.5, 0.6) is 0 Å². The van der Waals surface area contributed by atoms with Crippen LogP contribution >= 0.6 is 34.2 Å². The second-order valence-electron chi connectivity index (χ2n) is 4.57. The smallest absolute Gasteiger partial charge is 0.0335 e. The van der Waals surface area contributed by atoms with E-state index in [9.17, 15) is 0 Å². The molecule has 0 saturated heterocycles. The lowest BCUT2D eigenvalue weighted by Crippen LogP contribution is -2.13. The van der Waals surface area contributed by atoms with Crippen LogP contribution < -0.4 is 0 Å². The zero-order valence-electron chi connectivity index (χ0n) is 7.46. The van der Waals surface area contributed by atoms with Gasteiger partial charge in [-0.15, -0.1) is 0 Å². The highest BCUT2D eigenvalue weighted by molar-refractivity contribution is 14.1. The first kappa shape index (κ1) is 9.85. The summed E-state index contributed by atoms with van der Waals surface area (Å²) in [6, 6.07) is 0. The summed E-state index contributed by atoms with van der Waals surface area (Å²) in [5.74, 6) is 0. The highest BCUT2D eigenvalue weighted by Gasteiger charge is 2.42. The van der Waals surface area contributed by atoms with Crippen LogP contribution in [-0.2, 0) is 0 Å². The first-order valence-electron chi connectivity index (χ1n) is 3.84. The Kier molecular flexibility index (Phi) is 2.35. The predicted molar refractivity (Wildman–Crippen MR) is 59.1 cm³/mol. The zero-order valence-corrected chi connectivity index (χ0v) is 10.4. The standard InChI is InChI=1S/C9H14ClI/c1-8(2)5-9(3,4)7(11)6(8)10/h5H2,1-4H3. The average molecular weight is 285 g/mol. The minimum Gasteiger partial charge on any atom is -0.0877 e. The lowest BCUT2D eigenvalue weighted by Gasteiger charge is -2.23. The molecule has 64 valence electrons. The molecule has 2 heteroatoms. The third-order valence-corrected chi connectivity index (χ3v) is 5.28. The molecule has 0 spiro atoms. The van der Waals surface area contributed by atoms with Crippen molar-refractivity contribution in [1.82, 2.24) is 0 Å². The second-order valence-corrected chi connectivity index (χ2v) is 6.03. The summed E-state index contributed by atoms with van der Waals surface area (Å²) < 4.78 is 1.33. The highest BCUT2D eigenvalue weighted by Crippen LogP contribution is 2.56. The molecule has 0 fully saturated rings.